The molecule has 10 heteroatoms. The molecule has 152 valence electrons. The molecule has 2 saturated heterocycles. The molecule has 4 aromatic rings. The van der Waals surface area contributed by atoms with Gasteiger partial charge in [0.05, 0.1) is 21.3 Å². The van der Waals surface area contributed by atoms with Crippen molar-refractivity contribution in [3.8, 4) is 11.3 Å². The molecule has 0 saturated carbocycles. The predicted octanol–water partition coefficient (Wildman–Crippen LogP) is 2.26. The van der Waals surface area contributed by atoms with Crippen LogP contribution in [0.4, 0.5) is 15.3 Å². The van der Waals surface area contributed by atoms with Crippen LogP contribution in [-0.2, 0) is 0 Å². The smallest absolute Gasteiger partial charge is 0.348 e. The van der Waals surface area contributed by atoms with E-state index in [0.717, 1.165) is 42.7 Å². The van der Waals surface area contributed by atoms with E-state index < -0.39 is 5.69 Å². The first kappa shape index (κ1) is 17.7. The number of nitrogens with one attached hydrogen (secondary N) is 2. The molecule has 0 radical (unpaired) electrons. The number of rotatable bonds is 2. The average Bonchev–Trinajstić information content (AvgIpc) is 3.29. The minimum atomic E-state index is -0.435. The van der Waals surface area contributed by atoms with Crippen LogP contribution in [0, 0.1) is 5.82 Å². The molecule has 8 nitrogen and oxygen atoms in total. The van der Waals surface area contributed by atoms with E-state index in [9.17, 15) is 9.18 Å². The number of pyridine rings is 1. The summed E-state index contributed by atoms with van der Waals surface area (Å²) in [6, 6.07) is 7.64. The number of anilines is 2. The second-order valence-electron chi connectivity index (χ2n) is 7.83. The highest BCUT2D eigenvalue weighted by Crippen LogP contribution is 2.35. The quantitative estimate of drug-likeness (QED) is 0.453. The number of nitrogens with zero attached hydrogens (tertiary/aromatic N) is 4. The number of piperazine rings is 1. The van der Waals surface area contributed by atoms with Crippen LogP contribution in [0.1, 0.15) is 12.8 Å². The second-order valence-corrected chi connectivity index (χ2v) is 8.86. The Bertz CT molecular complexity index is 1350. The number of H-pyrrole nitrogens is 1. The minimum absolute atomic E-state index is 0.297. The number of fused-ring (bicyclic) bond motifs is 4. The Kier molecular flexibility index (Phi) is 3.81. The van der Waals surface area contributed by atoms with Crippen LogP contribution in [0.25, 0.3) is 32.5 Å². The van der Waals surface area contributed by atoms with Crippen molar-refractivity contribution in [1.29, 1.82) is 0 Å². The topological polar surface area (TPSA) is 113 Å². The molecule has 2 unspecified atom stereocenters. The van der Waals surface area contributed by atoms with E-state index in [0.29, 0.717) is 50.2 Å². The highest BCUT2D eigenvalue weighted by atomic mass is 32.1. The van der Waals surface area contributed by atoms with E-state index >= 15 is 0 Å². The van der Waals surface area contributed by atoms with E-state index in [1.54, 1.807) is 6.07 Å². The molecule has 30 heavy (non-hydrogen) atoms. The molecule has 3 aromatic heterocycles. The lowest BCUT2D eigenvalue weighted by molar-refractivity contribution is 0.464. The molecule has 0 spiro atoms. The molecule has 4 N–H and O–H groups in total. The number of nitrogens with two attached hydrogens (primary N) is 1. The van der Waals surface area contributed by atoms with Crippen LogP contribution in [0.3, 0.4) is 0 Å². The van der Waals surface area contributed by atoms with Gasteiger partial charge in [-0.2, -0.15) is 4.98 Å². The average molecular weight is 423 g/mol. The van der Waals surface area contributed by atoms with Crippen molar-refractivity contribution < 1.29 is 4.39 Å². The summed E-state index contributed by atoms with van der Waals surface area (Å²) in [6.07, 6.45) is 2.28. The molecule has 0 amide bonds. The summed E-state index contributed by atoms with van der Waals surface area (Å²) in [5.74, 6) is 0.297. The van der Waals surface area contributed by atoms with Crippen molar-refractivity contribution >= 4 is 43.5 Å². The lowest BCUT2D eigenvalue weighted by Crippen LogP contribution is -2.51. The minimum Gasteiger partial charge on any atom is -0.375 e. The molecule has 2 bridgehead atoms. The third-order valence-electron chi connectivity index (χ3n) is 5.87. The Labute approximate surface area is 174 Å². The summed E-state index contributed by atoms with van der Waals surface area (Å²) >= 11 is 1.10. The Hall–Kier alpha value is -3.11. The molecule has 2 fully saturated rings. The largest absolute Gasteiger partial charge is 0.375 e. The second kappa shape index (κ2) is 6.44. The van der Waals surface area contributed by atoms with Gasteiger partial charge < -0.3 is 16.0 Å². The van der Waals surface area contributed by atoms with Gasteiger partial charge in [-0.1, -0.05) is 11.3 Å². The van der Waals surface area contributed by atoms with Crippen molar-refractivity contribution in [3.05, 3.63) is 40.6 Å². The summed E-state index contributed by atoms with van der Waals surface area (Å²) in [6.45, 7) is 1.64. The first-order valence-electron chi connectivity index (χ1n) is 9.82. The van der Waals surface area contributed by atoms with Crippen LogP contribution < -0.4 is 21.6 Å². The zero-order valence-corrected chi connectivity index (χ0v) is 16.7. The molecule has 2 aliphatic rings. The standard InChI is InChI=1S/C20H18FN7OS/c21-13-5-3-11(15-16(13)30-19(22)25-15)14-6-4-12-17(24-14)26-20(29)27-18(12)28-7-9-1-2-10(8-28)23-9/h3-6,9-10,23H,1-2,7-8H2,(H2,22,25)(H,24,26,27,29). The molecule has 2 atom stereocenters. The maximum atomic E-state index is 14.2. The number of thiazole rings is 1. The summed E-state index contributed by atoms with van der Waals surface area (Å²) in [5, 5.41) is 4.67. The van der Waals surface area contributed by atoms with Gasteiger partial charge in [0.25, 0.3) is 0 Å². The lowest BCUT2D eigenvalue weighted by atomic mass is 10.1. The zero-order chi connectivity index (χ0) is 20.4. The number of nitrogen functional groups attached to an aromatic ring is 1. The third kappa shape index (κ3) is 2.75. The highest BCUT2D eigenvalue weighted by molar-refractivity contribution is 7.22. The molecule has 1 aromatic carbocycles. The summed E-state index contributed by atoms with van der Waals surface area (Å²) in [7, 11) is 0. The van der Waals surface area contributed by atoms with Crippen molar-refractivity contribution in [2.24, 2.45) is 0 Å². The molecular weight excluding hydrogens is 405 g/mol. The SMILES string of the molecule is Nc1nc2c(-c3ccc4c(N5CC6CCC(C5)N6)nc(=O)[nH]c4n3)ccc(F)c2s1. The molecule has 2 aliphatic heterocycles. The third-order valence-corrected chi connectivity index (χ3v) is 6.77. The van der Waals surface area contributed by atoms with E-state index in [2.05, 4.69) is 30.2 Å². The van der Waals surface area contributed by atoms with Crippen molar-refractivity contribution in [3.63, 3.8) is 0 Å². The van der Waals surface area contributed by atoms with E-state index in [-0.39, 0.29) is 5.82 Å². The van der Waals surface area contributed by atoms with Gasteiger partial charge in [0.15, 0.2) is 5.13 Å². The van der Waals surface area contributed by atoms with Crippen LogP contribution >= 0.6 is 11.3 Å². The Morgan fingerprint density at radius 2 is 1.90 bits per heavy atom. The van der Waals surface area contributed by atoms with E-state index in [1.165, 1.54) is 6.07 Å². The first-order chi connectivity index (χ1) is 14.5. The van der Waals surface area contributed by atoms with Crippen LogP contribution in [0.2, 0.25) is 0 Å². The number of hydrogen-bond acceptors (Lipinski definition) is 8. The Morgan fingerprint density at radius 3 is 2.70 bits per heavy atom. The van der Waals surface area contributed by atoms with Crippen molar-refractivity contribution in [1.82, 2.24) is 25.3 Å². The first-order valence-corrected chi connectivity index (χ1v) is 10.6. The summed E-state index contributed by atoms with van der Waals surface area (Å²) < 4.78 is 14.6. The van der Waals surface area contributed by atoms with Gasteiger partial charge in [-0.15, -0.1) is 0 Å². The molecule has 0 aliphatic carbocycles. The van der Waals surface area contributed by atoms with Gasteiger partial charge in [-0.05, 0) is 37.1 Å². The molecule has 6 rings (SSSR count). The van der Waals surface area contributed by atoms with Gasteiger partial charge >= 0.3 is 5.69 Å². The number of halogens is 1. The van der Waals surface area contributed by atoms with Crippen LogP contribution in [-0.4, -0.2) is 45.1 Å². The fourth-order valence-corrected chi connectivity index (χ4v) is 5.34. The van der Waals surface area contributed by atoms with Crippen molar-refractivity contribution in [2.75, 3.05) is 23.7 Å². The summed E-state index contributed by atoms with van der Waals surface area (Å²) in [4.78, 5) is 30.4. The van der Waals surface area contributed by atoms with Crippen LogP contribution in [0.15, 0.2) is 29.1 Å². The lowest BCUT2D eigenvalue weighted by Gasteiger charge is -2.34. The molecular formula is C20H18FN7OS. The highest BCUT2D eigenvalue weighted by Gasteiger charge is 2.33. The van der Waals surface area contributed by atoms with E-state index in [1.807, 2.05) is 12.1 Å². The summed E-state index contributed by atoms with van der Waals surface area (Å²) in [5.41, 5.74) is 7.55. The number of hydrogen-bond donors (Lipinski definition) is 3. The van der Waals surface area contributed by atoms with Gasteiger partial charge in [0.2, 0.25) is 0 Å². The normalized spacial score (nSPS) is 21.0. The monoisotopic (exact) mass is 423 g/mol. The fourth-order valence-electron chi connectivity index (χ4n) is 4.58. The van der Waals surface area contributed by atoms with Gasteiger partial charge in [-0.3, -0.25) is 4.98 Å². The van der Waals surface area contributed by atoms with Gasteiger partial charge in [0, 0.05) is 30.7 Å². The Morgan fingerprint density at radius 1 is 1.10 bits per heavy atom. The van der Waals surface area contributed by atoms with Gasteiger partial charge in [-0.25, -0.2) is 19.2 Å². The number of aromatic amines is 1. The van der Waals surface area contributed by atoms with E-state index in [4.69, 9.17) is 5.73 Å². The number of aromatic nitrogens is 4. The van der Waals surface area contributed by atoms with Crippen LogP contribution in [0.5, 0.6) is 0 Å². The zero-order valence-electron chi connectivity index (χ0n) is 15.9. The Balaban J connectivity index is 1.50. The predicted molar refractivity (Wildman–Crippen MR) is 115 cm³/mol. The van der Waals surface area contributed by atoms with Gasteiger partial charge in [0.1, 0.15) is 17.3 Å². The fraction of sp³-hybridized carbons (Fsp3) is 0.300. The van der Waals surface area contributed by atoms with Crippen molar-refractivity contribution in [2.45, 2.75) is 24.9 Å². The maximum absolute atomic E-state index is 14.2. The maximum Gasteiger partial charge on any atom is 0.348 e. The molecule has 5 heterocycles. The number of benzene rings is 1.